The molecule has 126 valence electrons. The zero-order chi connectivity index (χ0) is 17.6. The summed E-state index contributed by atoms with van der Waals surface area (Å²) in [6.45, 7) is 0.0528. The Morgan fingerprint density at radius 1 is 1.20 bits per heavy atom. The number of rotatable bonds is 6. The molecule has 0 aliphatic rings. The first-order valence-electron chi connectivity index (χ1n) is 7.49. The number of benzene rings is 2. The van der Waals surface area contributed by atoms with Crippen LogP contribution >= 0.6 is 0 Å². The number of para-hydroxylation sites is 1. The maximum absolute atomic E-state index is 12.2. The molecule has 1 aromatic heterocycles. The average molecular weight is 338 g/mol. The van der Waals surface area contributed by atoms with E-state index in [2.05, 4.69) is 10.1 Å². The first-order valence-corrected chi connectivity index (χ1v) is 7.49. The maximum Gasteiger partial charge on any atom is 0.338 e. The van der Waals surface area contributed by atoms with Gasteiger partial charge in [0.05, 0.1) is 22.8 Å². The number of nitro benzene ring substituents is 1. The summed E-state index contributed by atoms with van der Waals surface area (Å²) in [5, 5.41) is 15.0. The van der Waals surface area contributed by atoms with Crippen molar-refractivity contribution < 1.29 is 14.5 Å². The van der Waals surface area contributed by atoms with Crippen molar-refractivity contribution in [2.45, 2.75) is 6.42 Å². The van der Waals surface area contributed by atoms with Gasteiger partial charge in [-0.15, -0.1) is 0 Å². The number of hydrogen-bond donors (Lipinski definition) is 0. The van der Waals surface area contributed by atoms with Crippen molar-refractivity contribution in [2.24, 2.45) is 0 Å². The van der Waals surface area contributed by atoms with Crippen LogP contribution in [0.15, 0.2) is 61.2 Å². The average Bonchev–Trinajstić information content (AvgIpc) is 3.17. The normalized spacial score (nSPS) is 10.4. The van der Waals surface area contributed by atoms with E-state index in [4.69, 9.17) is 4.74 Å². The van der Waals surface area contributed by atoms with Gasteiger partial charge in [-0.25, -0.2) is 14.5 Å². The minimum Gasteiger partial charge on any atom is -0.462 e. The molecule has 8 nitrogen and oxygen atoms in total. The summed E-state index contributed by atoms with van der Waals surface area (Å²) in [4.78, 5) is 26.6. The Morgan fingerprint density at radius 3 is 2.80 bits per heavy atom. The van der Waals surface area contributed by atoms with Crippen molar-refractivity contribution in [1.29, 1.82) is 0 Å². The van der Waals surface area contributed by atoms with Crippen molar-refractivity contribution in [3.05, 3.63) is 82.4 Å². The molecule has 3 aromatic rings. The highest BCUT2D eigenvalue weighted by atomic mass is 16.6. The largest absolute Gasteiger partial charge is 0.462 e. The molecule has 0 fully saturated rings. The Balaban J connectivity index is 1.64. The van der Waals surface area contributed by atoms with Gasteiger partial charge >= 0.3 is 5.97 Å². The Labute approximate surface area is 142 Å². The quantitative estimate of drug-likeness (QED) is 0.389. The standard InChI is InChI=1S/C17H14N4O4/c22-17(14-5-3-6-15(10-14)20-12-18-11-19-20)25-9-8-13-4-1-2-7-16(13)21(23)24/h1-7,10-12H,8-9H2. The van der Waals surface area contributed by atoms with Gasteiger partial charge in [-0.1, -0.05) is 24.3 Å². The van der Waals surface area contributed by atoms with Crippen LogP contribution in [-0.2, 0) is 11.2 Å². The SMILES string of the molecule is O=C(OCCc1ccccc1[N+](=O)[O-])c1cccc(-n2cncn2)c1. The van der Waals surface area contributed by atoms with E-state index < -0.39 is 10.9 Å². The highest BCUT2D eigenvalue weighted by Crippen LogP contribution is 2.18. The van der Waals surface area contributed by atoms with E-state index in [-0.39, 0.29) is 18.7 Å². The lowest BCUT2D eigenvalue weighted by atomic mass is 10.1. The van der Waals surface area contributed by atoms with E-state index >= 15 is 0 Å². The summed E-state index contributed by atoms with van der Waals surface area (Å²) in [6, 6.07) is 13.2. The first-order chi connectivity index (χ1) is 12.1. The number of nitro groups is 1. The van der Waals surface area contributed by atoms with Gasteiger partial charge < -0.3 is 4.74 Å². The molecule has 0 saturated carbocycles. The molecule has 0 aliphatic heterocycles. The smallest absolute Gasteiger partial charge is 0.338 e. The summed E-state index contributed by atoms with van der Waals surface area (Å²) < 4.78 is 6.76. The summed E-state index contributed by atoms with van der Waals surface area (Å²) in [6.07, 6.45) is 3.20. The third-order valence-electron chi connectivity index (χ3n) is 3.56. The molecule has 0 atom stereocenters. The Morgan fingerprint density at radius 2 is 2.04 bits per heavy atom. The zero-order valence-electron chi connectivity index (χ0n) is 13.1. The second-order valence-electron chi connectivity index (χ2n) is 5.16. The molecular formula is C17H14N4O4. The zero-order valence-corrected chi connectivity index (χ0v) is 13.1. The van der Waals surface area contributed by atoms with Crippen LogP contribution in [0.1, 0.15) is 15.9 Å². The molecule has 2 aromatic carbocycles. The first kappa shape index (κ1) is 16.3. The van der Waals surface area contributed by atoms with Crippen LogP contribution in [0.2, 0.25) is 0 Å². The summed E-state index contributed by atoms with van der Waals surface area (Å²) in [5.41, 5.74) is 1.60. The van der Waals surface area contributed by atoms with Gasteiger partial charge in [0.1, 0.15) is 12.7 Å². The van der Waals surface area contributed by atoms with E-state index in [0.717, 1.165) is 0 Å². The molecule has 0 spiro atoms. The molecule has 0 amide bonds. The minimum atomic E-state index is -0.499. The van der Waals surface area contributed by atoms with E-state index in [9.17, 15) is 14.9 Å². The minimum absolute atomic E-state index is 0.0201. The highest BCUT2D eigenvalue weighted by Gasteiger charge is 2.14. The van der Waals surface area contributed by atoms with Crippen LogP contribution in [0.5, 0.6) is 0 Å². The van der Waals surface area contributed by atoms with Gasteiger partial charge in [-0.05, 0) is 18.2 Å². The monoisotopic (exact) mass is 338 g/mol. The number of aromatic nitrogens is 3. The van der Waals surface area contributed by atoms with Gasteiger partial charge in [-0.3, -0.25) is 10.1 Å². The van der Waals surface area contributed by atoms with Gasteiger partial charge in [0.15, 0.2) is 0 Å². The van der Waals surface area contributed by atoms with Crippen LogP contribution in [0, 0.1) is 10.1 Å². The predicted molar refractivity (Wildman–Crippen MR) is 88.4 cm³/mol. The number of carbonyl (C=O) groups is 1. The molecule has 1 heterocycles. The van der Waals surface area contributed by atoms with Crippen molar-refractivity contribution >= 4 is 11.7 Å². The molecule has 0 N–H and O–H groups in total. The molecular weight excluding hydrogens is 324 g/mol. The third-order valence-corrected chi connectivity index (χ3v) is 3.56. The number of ether oxygens (including phenoxy) is 1. The summed E-state index contributed by atoms with van der Waals surface area (Å²) in [5.74, 6) is -0.499. The number of carbonyl (C=O) groups excluding carboxylic acids is 1. The van der Waals surface area contributed by atoms with Crippen molar-refractivity contribution in [3.63, 3.8) is 0 Å². The number of nitrogens with zero attached hydrogens (tertiary/aromatic N) is 4. The van der Waals surface area contributed by atoms with Gasteiger partial charge in [0, 0.05) is 18.1 Å². The van der Waals surface area contributed by atoms with E-state index in [0.29, 0.717) is 16.8 Å². The second kappa shape index (κ2) is 7.35. The topological polar surface area (TPSA) is 100 Å². The second-order valence-corrected chi connectivity index (χ2v) is 5.16. The van der Waals surface area contributed by atoms with Gasteiger partial charge in [-0.2, -0.15) is 5.10 Å². The fourth-order valence-corrected chi connectivity index (χ4v) is 2.35. The number of esters is 1. The van der Waals surface area contributed by atoms with Crippen LogP contribution in [-0.4, -0.2) is 32.3 Å². The van der Waals surface area contributed by atoms with Crippen LogP contribution in [0.25, 0.3) is 5.69 Å². The Hall–Kier alpha value is -3.55. The van der Waals surface area contributed by atoms with Crippen LogP contribution < -0.4 is 0 Å². The lowest BCUT2D eigenvalue weighted by molar-refractivity contribution is -0.385. The van der Waals surface area contributed by atoms with Crippen molar-refractivity contribution in [2.75, 3.05) is 6.61 Å². The van der Waals surface area contributed by atoms with Crippen LogP contribution in [0.4, 0.5) is 5.69 Å². The molecule has 0 unspecified atom stereocenters. The Bertz CT molecular complexity index is 893. The van der Waals surface area contributed by atoms with E-state index in [1.807, 2.05) is 0 Å². The lowest BCUT2D eigenvalue weighted by Gasteiger charge is -2.07. The van der Waals surface area contributed by atoms with E-state index in [1.165, 1.54) is 23.4 Å². The molecule has 0 radical (unpaired) electrons. The van der Waals surface area contributed by atoms with E-state index in [1.54, 1.807) is 42.5 Å². The molecule has 0 aliphatic carbocycles. The van der Waals surface area contributed by atoms with Gasteiger partial charge in [0.2, 0.25) is 0 Å². The maximum atomic E-state index is 12.2. The van der Waals surface area contributed by atoms with Crippen molar-refractivity contribution in [3.8, 4) is 5.69 Å². The highest BCUT2D eigenvalue weighted by molar-refractivity contribution is 5.90. The predicted octanol–water partition coefficient (Wildman–Crippen LogP) is 2.58. The molecule has 25 heavy (non-hydrogen) atoms. The molecule has 0 saturated heterocycles. The number of hydrogen-bond acceptors (Lipinski definition) is 6. The third kappa shape index (κ3) is 3.86. The fraction of sp³-hybridized carbons (Fsp3) is 0.118. The fourth-order valence-electron chi connectivity index (χ4n) is 2.35. The molecule has 8 heteroatoms. The summed E-state index contributed by atoms with van der Waals surface area (Å²) in [7, 11) is 0. The lowest BCUT2D eigenvalue weighted by Crippen LogP contribution is -2.09. The van der Waals surface area contributed by atoms with Crippen LogP contribution in [0.3, 0.4) is 0 Å². The summed E-state index contributed by atoms with van der Waals surface area (Å²) >= 11 is 0. The molecule has 3 rings (SSSR count). The Kier molecular flexibility index (Phi) is 4.79. The molecule has 0 bridgehead atoms. The van der Waals surface area contributed by atoms with Crippen molar-refractivity contribution in [1.82, 2.24) is 14.8 Å². The van der Waals surface area contributed by atoms with Gasteiger partial charge in [0.25, 0.3) is 5.69 Å².